The van der Waals surface area contributed by atoms with Gasteiger partial charge in [-0.15, -0.1) is 0 Å². The van der Waals surface area contributed by atoms with Crippen molar-refractivity contribution in [1.29, 1.82) is 0 Å². The highest BCUT2D eigenvalue weighted by molar-refractivity contribution is 7.80. The molecule has 80 valence electrons. The molecular formula is C11H25NS. The first-order chi connectivity index (χ1) is 5.64. The summed E-state index contributed by atoms with van der Waals surface area (Å²) in [6.07, 6.45) is 1.17. The molecule has 0 saturated heterocycles. The van der Waals surface area contributed by atoms with Crippen LogP contribution in [0.15, 0.2) is 0 Å². The summed E-state index contributed by atoms with van der Waals surface area (Å²) in [6.45, 7) is 13.4. The molecule has 0 unspecified atom stereocenters. The summed E-state index contributed by atoms with van der Waals surface area (Å²) in [5.74, 6) is 0.911. The van der Waals surface area contributed by atoms with Crippen LogP contribution >= 0.6 is 12.6 Å². The molecule has 1 atom stereocenters. The van der Waals surface area contributed by atoms with Gasteiger partial charge in [0.05, 0.1) is 0 Å². The van der Waals surface area contributed by atoms with Crippen molar-refractivity contribution in [2.45, 2.75) is 59.5 Å². The molecule has 0 fully saturated rings. The Morgan fingerprint density at radius 3 is 1.77 bits per heavy atom. The maximum atomic E-state index is 4.38. The molecule has 13 heavy (non-hydrogen) atoms. The van der Waals surface area contributed by atoms with Crippen LogP contribution in [0.2, 0.25) is 0 Å². The Labute approximate surface area is 89.1 Å². The minimum Gasteiger partial charge on any atom is -0.308 e. The first-order valence-electron chi connectivity index (χ1n) is 5.02. The topological polar surface area (TPSA) is 12.0 Å². The van der Waals surface area contributed by atoms with E-state index < -0.39 is 0 Å². The zero-order valence-corrected chi connectivity index (χ0v) is 10.8. The lowest BCUT2D eigenvalue weighted by Gasteiger charge is -2.32. The minimum absolute atomic E-state index is 0.193. The maximum Gasteiger partial charge on any atom is 0.0165 e. The molecule has 0 spiro atoms. The van der Waals surface area contributed by atoms with Crippen molar-refractivity contribution < 1.29 is 0 Å². The second-order valence-electron chi connectivity index (χ2n) is 6.04. The highest BCUT2D eigenvalue weighted by atomic mass is 32.1. The van der Waals surface area contributed by atoms with Crippen molar-refractivity contribution in [3.05, 3.63) is 0 Å². The van der Waals surface area contributed by atoms with Gasteiger partial charge in [-0.05, 0) is 32.6 Å². The lowest BCUT2D eigenvalue weighted by atomic mass is 9.88. The van der Waals surface area contributed by atoms with Crippen LogP contribution in [0.5, 0.6) is 0 Å². The summed E-state index contributed by atoms with van der Waals surface area (Å²) in [6, 6.07) is 0.517. The fourth-order valence-corrected chi connectivity index (χ4v) is 1.73. The van der Waals surface area contributed by atoms with E-state index >= 15 is 0 Å². The van der Waals surface area contributed by atoms with Gasteiger partial charge >= 0.3 is 0 Å². The lowest BCUT2D eigenvalue weighted by molar-refractivity contribution is 0.280. The molecule has 0 bridgehead atoms. The molecule has 1 N–H and O–H groups in total. The molecule has 0 aromatic heterocycles. The van der Waals surface area contributed by atoms with Crippen molar-refractivity contribution in [3.63, 3.8) is 0 Å². The average Bonchev–Trinajstić information content (AvgIpc) is 1.79. The summed E-state index contributed by atoms with van der Waals surface area (Å²) in [7, 11) is 0. The Bertz CT molecular complexity index is 125. The number of hydrogen-bond acceptors (Lipinski definition) is 2. The average molecular weight is 203 g/mol. The second kappa shape index (κ2) is 4.70. The van der Waals surface area contributed by atoms with Crippen LogP contribution in [0.3, 0.4) is 0 Å². The first kappa shape index (κ1) is 13.3. The molecular weight excluding hydrogens is 178 g/mol. The third-order valence-corrected chi connectivity index (χ3v) is 2.16. The van der Waals surface area contributed by atoms with Gasteiger partial charge < -0.3 is 5.32 Å². The highest BCUT2D eigenvalue weighted by Crippen LogP contribution is 2.22. The van der Waals surface area contributed by atoms with Gasteiger partial charge in [0.1, 0.15) is 0 Å². The van der Waals surface area contributed by atoms with E-state index in [1.807, 2.05) is 0 Å². The molecule has 0 aliphatic rings. The van der Waals surface area contributed by atoms with Gasteiger partial charge in [0.25, 0.3) is 0 Å². The zero-order valence-electron chi connectivity index (χ0n) is 9.94. The molecule has 0 rings (SSSR count). The van der Waals surface area contributed by atoms with Gasteiger partial charge in [-0.3, -0.25) is 0 Å². The van der Waals surface area contributed by atoms with E-state index in [0.717, 1.165) is 5.75 Å². The van der Waals surface area contributed by atoms with Crippen LogP contribution in [-0.4, -0.2) is 17.3 Å². The summed E-state index contributed by atoms with van der Waals surface area (Å²) < 4.78 is 0. The molecule has 2 heteroatoms. The summed E-state index contributed by atoms with van der Waals surface area (Å²) in [4.78, 5) is 0. The van der Waals surface area contributed by atoms with Crippen molar-refractivity contribution in [3.8, 4) is 0 Å². The van der Waals surface area contributed by atoms with E-state index in [0.29, 0.717) is 11.5 Å². The van der Waals surface area contributed by atoms with Crippen LogP contribution in [0.4, 0.5) is 0 Å². The predicted octanol–water partition coefficient (Wildman–Crippen LogP) is 3.11. The molecule has 0 aliphatic heterocycles. The predicted molar refractivity (Wildman–Crippen MR) is 64.6 cm³/mol. The number of thiol groups is 1. The molecule has 0 saturated carbocycles. The van der Waals surface area contributed by atoms with Gasteiger partial charge in [0.2, 0.25) is 0 Å². The Hall–Kier alpha value is 0.310. The van der Waals surface area contributed by atoms with Gasteiger partial charge in [-0.2, -0.15) is 12.6 Å². The van der Waals surface area contributed by atoms with Crippen molar-refractivity contribution >= 4 is 12.6 Å². The molecule has 1 nitrogen and oxygen atoms in total. The third-order valence-electron chi connectivity index (χ3n) is 1.72. The molecule has 0 heterocycles. The smallest absolute Gasteiger partial charge is 0.0165 e. The van der Waals surface area contributed by atoms with E-state index in [1.165, 1.54) is 6.42 Å². The first-order valence-corrected chi connectivity index (χ1v) is 5.66. The summed E-state index contributed by atoms with van der Waals surface area (Å²) in [5, 5.41) is 3.59. The van der Waals surface area contributed by atoms with E-state index in [1.54, 1.807) is 0 Å². The van der Waals surface area contributed by atoms with Gasteiger partial charge in [-0.25, -0.2) is 0 Å². The summed E-state index contributed by atoms with van der Waals surface area (Å²) >= 11 is 4.38. The molecule has 0 radical (unpaired) electrons. The molecule has 0 aromatic carbocycles. The van der Waals surface area contributed by atoms with E-state index in [9.17, 15) is 0 Å². The van der Waals surface area contributed by atoms with Crippen molar-refractivity contribution in [2.24, 2.45) is 5.41 Å². The largest absolute Gasteiger partial charge is 0.308 e. The SMILES string of the molecule is CC(C)(C)C[C@H](CS)NC(C)(C)C. The van der Waals surface area contributed by atoms with Gasteiger partial charge in [0.15, 0.2) is 0 Å². The van der Waals surface area contributed by atoms with Crippen LogP contribution in [0, 0.1) is 5.41 Å². The van der Waals surface area contributed by atoms with Gasteiger partial charge in [0, 0.05) is 17.3 Å². The molecule has 0 aromatic rings. The van der Waals surface area contributed by atoms with Gasteiger partial charge in [-0.1, -0.05) is 20.8 Å². The Balaban J connectivity index is 4.05. The summed E-state index contributed by atoms with van der Waals surface area (Å²) in [5.41, 5.74) is 0.574. The van der Waals surface area contributed by atoms with Crippen LogP contribution in [-0.2, 0) is 0 Å². The zero-order chi connectivity index (χ0) is 10.7. The fraction of sp³-hybridized carbons (Fsp3) is 1.00. The third kappa shape index (κ3) is 8.63. The quantitative estimate of drug-likeness (QED) is 0.672. The van der Waals surface area contributed by atoms with Crippen LogP contribution in [0.1, 0.15) is 48.0 Å². The fourth-order valence-electron chi connectivity index (χ4n) is 1.51. The minimum atomic E-state index is 0.193. The maximum absolute atomic E-state index is 4.38. The second-order valence-corrected chi connectivity index (χ2v) is 6.40. The van der Waals surface area contributed by atoms with E-state index in [2.05, 4.69) is 59.5 Å². The Morgan fingerprint density at radius 2 is 1.54 bits per heavy atom. The normalized spacial score (nSPS) is 15.9. The van der Waals surface area contributed by atoms with Crippen molar-refractivity contribution in [1.82, 2.24) is 5.32 Å². The van der Waals surface area contributed by atoms with Crippen molar-refractivity contribution in [2.75, 3.05) is 5.75 Å². The lowest BCUT2D eigenvalue weighted by Crippen LogP contribution is -2.46. The number of rotatable bonds is 3. The number of nitrogens with one attached hydrogen (secondary N) is 1. The highest BCUT2D eigenvalue weighted by Gasteiger charge is 2.21. The Morgan fingerprint density at radius 1 is 1.08 bits per heavy atom. The standard InChI is InChI=1S/C11H25NS/c1-10(2,3)7-9(8-13)12-11(4,5)6/h9,12-13H,7-8H2,1-6H3/t9-/m1/s1. The number of hydrogen-bond donors (Lipinski definition) is 2. The van der Waals surface area contributed by atoms with E-state index in [-0.39, 0.29) is 5.54 Å². The van der Waals surface area contributed by atoms with Crippen LogP contribution < -0.4 is 5.32 Å². The van der Waals surface area contributed by atoms with Crippen LogP contribution in [0.25, 0.3) is 0 Å². The monoisotopic (exact) mass is 203 g/mol. The molecule has 0 amide bonds. The van der Waals surface area contributed by atoms with E-state index in [4.69, 9.17) is 0 Å². The Kier molecular flexibility index (Phi) is 4.81. The molecule has 0 aliphatic carbocycles.